The number of aryl methyl sites for hydroxylation is 2. The number of aromatic amines is 1. The van der Waals surface area contributed by atoms with Crippen LogP contribution in [0, 0.1) is 12.8 Å². The molecule has 0 radical (unpaired) electrons. The second-order valence-corrected chi connectivity index (χ2v) is 5.83. The molecule has 6 heteroatoms. The molecule has 1 aliphatic heterocycles. The molecule has 6 nitrogen and oxygen atoms in total. The highest BCUT2D eigenvalue weighted by molar-refractivity contribution is 5.94. The highest BCUT2D eigenvalue weighted by Crippen LogP contribution is 2.29. The van der Waals surface area contributed by atoms with Crippen molar-refractivity contribution in [3.05, 3.63) is 41.7 Å². The number of nitrogens with one attached hydrogen (secondary N) is 2. The second kappa shape index (κ2) is 6.36. The molecule has 0 bridgehead atoms. The van der Waals surface area contributed by atoms with Crippen molar-refractivity contribution in [1.82, 2.24) is 19.9 Å². The molecular formula is C16H22N4O2. The average Bonchev–Trinajstić information content (AvgIpc) is 3.14. The molecule has 1 saturated heterocycles. The van der Waals surface area contributed by atoms with Gasteiger partial charge in [-0.2, -0.15) is 0 Å². The number of hydrogen-bond acceptors (Lipinski definition) is 3. The van der Waals surface area contributed by atoms with Crippen molar-refractivity contribution >= 4 is 5.91 Å². The Balaban J connectivity index is 1.84. The maximum Gasteiger partial charge on any atom is 0.268 e. The molecule has 1 amide bonds. The van der Waals surface area contributed by atoms with Crippen molar-refractivity contribution in [2.45, 2.75) is 25.8 Å². The minimum absolute atomic E-state index is 0.0815. The Bertz CT molecular complexity index is 640. The summed E-state index contributed by atoms with van der Waals surface area (Å²) in [6.07, 6.45) is 7.33. The van der Waals surface area contributed by atoms with Gasteiger partial charge in [0.25, 0.3) is 5.91 Å². The Morgan fingerprint density at radius 2 is 2.27 bits per heavy atom. The smallest absolute Gasteiger partial charge is 0.268 e. The Hall–Kier alpha value is -2.08. The summed E-state index contributed by atoms with van der Waals surface area (Å²) in [5.74, 6) is 1.15. The summed E-state index contributed by atoms with van der Waals surface area (Å²) in [6.45, 7) is 3.40. The van der Waals surface area contributed by atoms with Crippen LogP contribution in [0.2, 0.25) is 0 Å². The van der Waals surface area contributed by atoms with E-state index in [4.69, 9.17) is 4.74 Å². The van der Waals surface area contributed by atoms with E-state index in [1.165, 1.54) is 0 Å². The first-order valence-electron chi connectivity index (χ1n) is 7.66. The number of ether oxygens (including phenoxy) is 1. The van der Waals surface area contributed by atoms with Crippen molar-refractivity contribution in [2.75, 3.05) is 13.2 Å². The molecule has 1 fully saturated rings. The van der Waals surface area contributed by atoms with Crippen molar-refractivity contribution in [3.8, 4) is 0 Å². The monoisotopic (exact) mass is 302 g/mol. The predicted octanol–water partition coefficient (Wildman–Crippen LogP) is 1.95. The lowest BCUT2D eigenvalue weighted by molar-refractivity contribution is 0.0498. The van der Waals surface area contributed by atoms with E-state index < -0.39 is 0 Å². The number of carbonyl (C=O) groups excluding carboxylic acids is 1. The zero-order valence-corrected chi connectivity index (χ0v) is 13.0. The fourth-order valence-electron chi connectivity index (χ4n) is 3.02. The fraction of sp³-hybridized carbons (Fsp3) is 0.500. The quantitative estimate of drug-likeness (QED) is 0.907. The summed E-state index contributed by atoms with van der Waals surface area (Å²) in [4.78, 5) is 20.0. The Labute approximate surface area is 129 Å². The van der Waals surface area contributed by atoms with Crippen LogP contribution < -0.4 is 5.32 Å². The van der Waals surface area contributed by atoms with E-state index in [1.807, 2.05) is 30.8 Å². The number of amides is 1. The lowest BCUT2D eigenvalue weighted by atomic mass is 9.91. The van der Waals surface area contributed by atoms with E-state index in [2.05, 4.69) is 15.3 Å². The Kier molecular flexibility index (Phi) is 4.29. The molecule has 2 N–H and O–H groups in total. The molecule has 0 saturated carbocycles. The summed E-state index contributed by atoms with van der Waals surface area (Å²) >= 11 is 0. The van der Waals surface area contributed by atoms with Gasteiger partial charge in [-0.1, -0.05) is 0 Å². The van der Waals surface area contributed by atoms with E-state index in [1.54, 1.807) is 12.4 Å². The van der Waals surface area contributed by atoms with Crippen LogP contribution in [-0.2, 0) is 11.8 Å². The number of aromatic nitrogens is 3. The first kappa shape index (κ1) is 14.8. The van der Waals surface area contributed by atoms with Gasteiger partial charge < -0.3 is 19.6 Å². The third-order valence-electron chi connectivity index (χ3n) is 4.34. The van der Waals surface area contributed by atoms with Gasteiger partial charge in [0.1, 0.15) is 11.5 Å². The van der Waals surface area contributed by atoms with Gasteiger partial charge in [0.15, 0.2) is 0 Å². The summed E-state index contributed by atoms with van der Waals surface area (Å²) in [5.41, 5.74) is 1.56. The number of imidazole rings is 1. The van der Waals surface area contributed by atoms with Crippen LogP contribution in [-0.4, -0.2) is 33.7 Å². The van der Waals surface area contributed by atoms with Crippen molar-refractivity contribution in [2.24, 2.45) is 13.0 Å². The van der Waals surface area contributed by atoms with Crippen LogP contribution in [0.1, 0.15) is 40.8 Å². The van der Waals surface area contributed by atoms with Crippen LogP contribution >= 0.6 is 0 Å². The highest BCUT2D eigenvalue weighted by Gasteiger charge is 2.30. The maximum atomic E-state index is 12.6. The molecule has 3 rings (SSSR count). The molecule has 0 spiro atoms. The zero-order valence-electron chi connectivity index (χ0n) is 13.0. The van der Waals surface area contributed by atoms with E-state index >= 15 is 0 Å². The molecule has 2 aromatic heterocycles. The molecule has 0 aliphatic carbocycles. The Morgan fingerprint density at radius 1 is 1.50 bits per heavy atom. The predicted molar refractivity (Wildman–Crippen MR) is 82.5 cm³/mol. The summed E-state index contributed by atoms with van der Waals surface area (Å²) < 4.78 is 7.42. The number of hydrogen-bond donors (Lipinski definition) is 2. The summed E-state index contributed by atoms with van der Waals surface area (Å²) in [6, 6.07) is 1.80. The first-order valence-corrected chi connectivity index (χ1v) is 7.66. The van der Waals surface area contributed by atoms with Gasteiger partial charge in [0, 0.05) is 38.9 Å². The molecule has 0 unspecified atom stereocenters. The second-order valence-electron chi connectivity index (χ2n) is 5.83. The number of H-pyrrole nitrogens is 1. The van der Waals surface area contributed by atoms with Crippen LogP contribution in [0.15, 0.2) is 24.7 Å². The van der Waals surface area contributed by atoms with Crippen molar-refractivity contribution < 1.29 is 9.53 Å². The lowest BCUT2D eigenvalue weighted by Crippen LogP contribution is -2.37. The van der Waals surface area contributed by atoms with E-state index in [0.29, 0.717) is 11.6 Å². The third-order valence-corrected chi connectivity index (χ3v) is 4.34. The van der Waals surface area contributed by atoms with Crippen molar-refractivity contribution in [3.63, 3.8) is 0 Å². The normalized spacial score (nSPS) is 17.4. The molecule has 3 heterocycles. The van der Waals surface area contributed by atoms with Gasteiger partial charge >= 0.3 is 0 Å². The fourth-order valence-corrected chi connectivity index (χ4v) is 3.02. The van der Waals surface area contributed by atoms with Crippen LogP contribution in [0.5, 0.6) is 0 Å². The van der Waals surface area contributed by atoms with Gasteiger partial charge in [0.2, 0.25) is 0 Å². The molecule has 118 valence electrons. The lowest BCUT2D eigenvalue weighted by Gasteiger charge is -2.30. The van der Waals surface area contributed by atoms with Gasteiger partial charge in [-0.3, -0.25) is 4.79 Å². The molecule has 2 aromatic rings. The minimum Gasteiger partial charge on any atom is -0.381 e. The molecule has 22 heavy (non-hydrogen) atoms. The first-order chi connectivity index (χ1) is 10.7. The molecule has 0 aromatic carbocycles. The van der Waals surface area contributed by atoms with Crippen molar-refractivity contribution in [1.29, 1.82) is 0 Å². The summed E-state index contributed by atoms with van der Waals surface area (Å²) in [7, 11) is 1.96. The largest absolute Gasteiger partial charge is 0.381 e. The molecule has 1 aliphatic rings. The SMILES string of the molecule is Cc1cc[nH]c1C(=O)N[C@@H](c1nccn1C)C1CCOCC1. The summed E-state index contributed by atoms with van der Waals surface area (Å²) in [5, 5.41) is 3.16. The Morgan fingerprint density at radius 3 is 2.86 bits per heavy atom. The third kappa shape index (κ3) is 2.92. The topological polar surface area (TPSA) is 71.9 Å². The van der Waals surface area contributed by atoms with Crippen LogP contribution in [0.3, 0.4) is 0 Å². The molecular weight excluding hydrogens is 280 g/mol. The zero-order chi connectivity index (χ0) is 15.5. The number of carbonyl (C=O) groups is 1. The average molecular weight is 302 g/mol. The standard InChI is InChI=1S/C16H22N4O2/c1-11-3-6-17-13(11)16(21)19-14(12-4-9-22-10-5-12)15-18-7-8-20(15)2/h3,6-8,12,14,17H,4-5,9-10H2,1-2H3,(H,19,21)/t14-/m1/s1. The minimum atomic E-state index is -0.0981. The van der Waals surface area contributed by atoms with Gasteiger partial charge in [-0.15, -0.1) is 0 Å². The maximum absolute atomic E-state index is 12.6. The number of rotatable bonds is 4. The van der Waals surface area contributed by atoms with Gasteiger partial charge in [-0.25, -0.2) is 4.98 Å². The van der Waals surface area contributed by atoms with Gasteiger partial charge in [0.05, 0.1) is 6.04 Å². The van der Waals surface area contributed by atoms with E-state index in [9.17, 15) is 4.79 Å². The van der Waals surface area contributed by atoms with Crippen LogP contribution in [0.4, 0.5) is 0 Å². The van der Waals surface area contributed by atoms with E-state index in [-0.39, 0.29) is 11.9 Å². The van der Waals surface area contributed by atoms with E-state index in [0.717, 1.165) is 37.4 Å². The van der Waals surface area contributed by atoms with Gasteiger partial charge in [-0.05, 0) is 37.3 Å². The molecule has 1 atom stereocenters. The highest BCUT2D eigenvalue weighted by atomic mass is 16.5. The number of nitrogens with zero attached hydrogens (tertiary/aromatic N) is 2. The van der Waals surface area contributed by atoms with Crippen LogP contribution in [0.25, 0.3) is 0 Å².